The number of fused-ring (bicyclic) bond motifs is 2. The van der Waals surface area contributed by atoms with Gasteiger partial charge in [0.1, 0.15) is 63.7 Å². The number of morpholine rings is 2. The van der Waals surface area contributed by atoms with E-state index in [-0.39, 0.29) is 106 Å². The van der Waals surface area contributed by atoms with Crippen molar-refractivity contribution in [3.8, 4) is 22.5 Å². The number of aromatic amines is 1. The number of nitrogens with one attached hydrogen (secondary N) is 2. The van der Waals surface area contributed by atoms with Crippen LogP contribution in [0.5, 0.6) is 0 Å². The van der Waals surface area contributed by atoms with E-state index in [1.807, 2.05) is 4.90 Å². The van der Waals surface area contributed by atoms with Crippen LogP contribution in [0.3, 0.4) is 0 Å². The van der Waals surface area contributed by atoms with Gasteiger partial charge in [-0.15, -0.1) is 0 Å². The summed E-state index contributed by atoms with van der Waals surface area (Å²) in [6.07, 6.45) is 1.47. The first-order valence-corrected chi connectivity index (χ1v) is 21.1. The minimum Gasteiger partial charge on any atom is -0.400 e. The van der Waals surface area contributed by atoms with E-state index in [4.69, 9.17) is 63.8 Å². The summed E-state index contributed by atoms with van der Waals surface area (Å²) in [6, 6.07) is 8.35. The minimum atomic E-state index is -0.660. The number of H-pyrrole nitrogens is 1. The first-order chi connectivity index (χ1) is 31.3. The lowest BCUT2D eigenvalue weighted by Crippen LogP contribution is -2.45. The Hall–Kier alpha value is -6.81. The number of hydrogen-bond donors (Lipinski definition) is 3. The zero-order valence-electron chi connectivity index (χ0n) is 35.0. The summed E-state index contributed by atoms with van der Waals surface area (Å²) in [7, 11) is 1.58. The highest BCUT2D eigenvalue weighted by atomic mass is 35.5. The van der Waals surface area contributed by atoms with Gasteiger partial charge in [0.15, 0.2) is 16.9 Å². The molecule has 2 saturated heterocycles. The van der Waals surface area contributed by atoms with Gasteiger partial charge in [-0.2, -0.15) is 5.10 Å². The lowest BCUT2D eigenvalue weighted by Gasteiger charge is -2.33. The number of ether oxygens (including phenoxy) is 2. The van der Waals surface area contributed by atoms with Crippen molar-refractivity contribution in [3.05, 3.63) is 114 Å². The molecule has 0 spiro atoms. The second-order valence-electron chi connectivity index (χ2n) is 15.4. The Morgan fingerprint density at radius 1 is 0.815 bits per heavy atom. The lowest BCUT2D eigenvalue weighted by atomic mass is 10.1. The lowest BCUT2D eigenvalue weighted by molar-refractivity contribution is 0.0337. The Bertz CT molecular complexity index is 3200. The molecular formula is C42H39Cl2F2N15O4. The highest BCUT2D eigenvalue weighted by Crippen LogP contribution is 2.33. The van der Waals surface area contributed by atoms with Gasteiger partial charge < -0.3 is 30.4 Å². The van der Waals surface area contributed by atoms with Gasteiger partial charge in [0.05, 0.1) is 26.3 Å². The Labute approximate surface area is 377 Å². The van der Waals surface area contributed by atoms with Crippen molar-refractivity contribution in [1.82, 2.24) is 54.2 Å². The average Bonchev–Trinajstić information content (AvgIpc) is 3.77. The molecule has 0 aliphatic carbocycles. The van der Waals surface area contributed by atoms with Crippen LogP contribution in [0.2, 0.25) is 10.0 Å². The highest BCUT2D eigenvalue weighted by Gasteiger charge is 2.30. The maximum Gasteiger partial charge on any atom is 0.280 e. The van der Waals surface area contributed by atoms with Gasteiger partial charge in [0, 0.05) is 66.2 Å². The van der Waals surface area contributed by atoms with Crippen LogP contribution < -0.4 is 26.7 Å². The molecule has 0 bridgehead atoms. The molecule has 5 aromatic heterocycles. The maximum atomic E-state index is 15.5. The fraction of sp³-hybridized carbons (Fsp3) is 0.310. The van der Waals surface area contributed by atoms with Crippen molar-refractivity contribution >= 4 is 63.4 Å². The molecule has 2 atom stereocenters. The van der Waals surface area contributed by atoms with E-state index in [1.165, 1.54) is 45.5 Å². The van der Waals surface area contributed by atoms with E-state index in [0.29, 0.717) is 42.1 Å². The zero-order chi connectivity index (χ0) is 45.7. The molecular weight excluding hydrogens is 887 g/mol. The van der Waals surface area contributed by atoms with E-state index < -0.39 is 35.0 Å². The largest absolute Gasteiger partial charge is 0.400 e. The Morgan fingerprint density at radius 2 is 1.40 bits per heavy atom. The quantitative estimate of drug-likeness (QED) is 0.161. The molecule has 0 radical (unpaired) electrons. The van der Waals surface area contributed by atoms with Crippen LogP contribution in [0.25, 0.3) is 44.6 Å². The molecule has 2 unspecified atom stereocenters. The summed E-state index contributed by atoms with van der Waals surface area (Å²) in [6.45, 7) is 5.02. The predicted octanol–water partition coefficient (Wildman–Crippen LogP) is 4.40. The molecule has 2 aromatic carbocycles. The second kappa shape index (κ2) is 17.6. The molecule has 7 heterocycles. The van der Waals surface area contributed by atoms with Gasteiger partial charge in [-0.05, 0) is 56.3 Å². The van der Waals surface area contributed by atoms with Crippen LogP contribution in [-0.4, -0.2) is 106 Å². The highest BCUT2D eigenvalue weighted by molar-refractivity contribution is 6.31. The first-order valence-electron chi connectivity index (χ1n) is 20.3. The zero-order valence-corrected chi connectivity index (χ0v) is 36.5. The van der Waals surface area contributed by atoms with Gasteiger partial charge in [-0.3, -0.25) is 23.8 Å². The number of nitrogens with two attached hydrogens (primary N) is 1. The fourth-order valence-electron chi connectivity index (χ4n) is 7.73. The Balaban J connectivity index is 0.999. The molecule has 2 fully saturated rings. The summed E-state index contributed by atoms with van der Waals surface area (Å²) in [4.78, 5) is 64.2. The molecule has 2 aliphatic heterocycles. The van der Waals surface area contributed by atoms with Gasteiger partial charge >= 0.3 is 0 Å². The van der Waals surface area contributed by atoms with E-state index in [2.05, 4.69) is 25.1 Å². The summed E-state index contributed by atoms with van der Waals surface area (Å²) in [5.74, 6) is 0.522. The number of halogens is 4. The fourth-order valence-corrected chi connectivity index (χ4v) is 8.04. The molecule has 2 aliphatic rings. The summed E-state index contributed by atoms with van der Waals surface area (Å²) >= 11 is 12.2. The van der Waals surface area contributed by atoms with Crippen molar-refractivity contribution in [2.24, 2.45) is 12.8 Å². The summed E-state index contributed by atoms with van der Waals surface area (Å²) < 4.78 is 45.6. The number of rotatable bonds is 10. The third-order valence-electron chi connectivity index (χ3n) is 11.3. The number of aryl methyl sites for hydroxylation is 3. The minimum absolute atomic E-state index is 0.0213. The molecule has 9 rings (SSSR count). The number of benzene rings is 2. The van der Waals surface area contributed by atoms with E-state index in [9.17, 15) is 9.59 Å². The topological polar surface area (TPSA) is 238 Å². The van der Waals surface area contributed by atoms with Crippen LogP contribution in [0.1, 0.15) is 29.4 Å². The van der Waals surface area contributed by atoms with E-state index in [0.717, 1.165) is 12.3 Å². The third kappa shape index (κ3) is 8.38. The molecule has 19 nitrogen and oxygen atoms in total. The van der Waals surface area contributed by atoms with Crippen molar-refractivity contribution < 1.29 is 18.3 Å². The van der Waals surface area contributed by atoms with Crippen molar-refractivity contribution in [3.63, 3.8) is 0 Å². The average molecular weight is 927 g/mol. The Morgan fingerprint density at radius 3 is 2.02 bits per heavy atom. The maximum absolute atomic E-state index is 15.5. The van der Waals surface area contributed by atoms with Crippen molar-refractivity contribution in [2.75, 3.05) is 49.2 Å². The van der Waals surface area contributed by atoms with E-state index >= 15 is 8.78 Å². The number of nitrogens with zero attached hydrogens (tertiary/aromatic N) is 12. The van der Waals surface area contributed by atoms with Gasteiger partial charge in [0.25, 0.3) is 11.1 Å². The molecule has 4 N–H and O–H groups in total. The normalized spacial score (nSPS) is 17.1. The van der Waals surface area contributed by atoms with Crippen LogP contribution in [0.15, 0.2) is 57.8 Å². The predicted molar refractivity (Wildman–Crippen MR) is 238 cm³/mol. The van der Waals surface area contributed by atoms with Gasteiger partial charge in [-0.25, -0.2) is 43.7 Å². The number of hydrogen-bond acceptors (Lipinski definition) is 16. The standard InChI is InChI=1S/C42H39Cl2F2N15O4/c1-20-49-34-32(24-6-4-22(43)16-26(24)45)52-41(54-36(34)39(62)58(20)3)60-13-15-65-30(19-60)38-51-31(56-57-38)9-11-61-21(2)50-35-33(25-7-5-23(44)17-27(25)46)53-42(55-37(35)40(61)63)59-12-14-64-29(18-59)28(48)8-10-47/h4-8,10,16-17,29-30,47H,9,11-15,18-19,48H2,1-3H3,(H,51,56,57)/b28-8-,47-10?. The third-order valence-corrected chi connectivity index (χ3v) is 11.7. The van der Waals surface area contributed by atoms with Crippen LogP contribution in [0, 0.1) is 30.9 Å². The molecule has 334 valence electrons. The molecule has 0 amide bonds. The molecule has 7 aromatic rings. The molecule has 65 heavy (non-hydrogen) atoms. The first kappa shape index (κ1) is 43.4. The number of allylic oxidation sites excluding steroid dienone is 1. The summed E-state index contributed by atoms with van der Waals surface area (Å²) in [5.41, 5.74) is 6.27. The van der Waals surface area contributed by atoms with Crippen molar-refractivity contribution in [2.45, 2.75) is 39.0 Å². The van der Waals surface area contributed by atoms with E-state index in [1.54, 1.807) is 25.8 Å². The second-order valence-corrected chi connectivity index (χ2v) is 16.2. The SMILES string of the molecule is Cc1nc2c(-c3ccc(Cl)cc3F)nc(N3CCOC(c4n[nH]c(CCn5c(C)nc6c(-c7ccc(Cl)cc7F)nc(N7CCOC(/C(N)=C/C=N)C7)nc6c5=O)n4)C3)nc2c(=O)n1C. The smallest absolute Gasteiger partial charge is 0.280 e. The molecule has 23 heteroatoms. The van der Waals surface area contributed by atoms with Gasteiger partial charge in [0.2, 0.25) is 11.9 Å². The van der Waals surface area contributed by atoms with Crippen LogP contribution in [-0.2, 0) is 29.5 Å². The van der Waals surface area contributed by atoms with Crippen molar-refractivity contribution in [1.29, 1.82) is 5.41 Å². The Kier molecular flexibility index (Phi) is 11.8. The monoisotopic (exact) mass is 925 g/mol. The number of anilines is 2. The van der Waals surface area contributed by atoms with Crippen LogP contribution in [0.4, 0.5) is 20.7 Å². The molecule has 0 saturated carbocycles. The summed E-state index contributed by atoms with van der Waals surface area (Å²) in [5, 5.41) is 15.2. The number of aromatic nitrogens is 11. The van der Waals surface area contributed by atoms with Gasteiger partial charge in [-0.1, -0.05) is 23.2 Å². The van der Waals surface area contributed by atoms with Crippen LogP contribution >= 0.6 is 23.2 Å².